The third-order valence-electron chi connectivity index (χ3n) is 7.05. The maximum atomic E-state index is 11.8. The fourth-order valence-electron chi connectivity index (χ4n) is 4.75. The van der Waals surface area contributed by atoms with Crippen LogP contribution in [0.4, 0.5) is 96.6 Å². The van der Waals surface area contributed by atoms with Crippen LogP contribution < -0.4 is 0 Å². The summed E-state index contributed by atoms with van der Waals surface area (Å²) < 4.78 is 243. The van der Waals surface area contributed by atoms with Gasteiger partial charge >= 0.3 is 18.4 Å². The number of hydrogen-bond donors (Lipinski definition) is 1. The zero-order valence-corrected chi connectivity index (χ0v) is 30.1. The van der Waals surface area contributed by atoms with E-state index in [1.807, 2.05) is 0 Å². The minimum absolute atomic E-state index is 0.00926. The lowest BCUT2D eigenvalue weighted by molar-refractivity contribution is -0.183. The fraction of sp³-hybridized carbons (Fsp3) is 0.812. The van der Waals surface area contributed by atoms with Gasteiger partial charge in [-0.25, -0.2) is 57.1 Å². The van der Waals surface area contributed by atoms with Crippen LogP contribution in [0, 0.1) is 29.6 Å². The van der Waals surface area contributed by atoms with Crippen LogP contribution in [0.2, 0.25) is 0 Å². The second-order valence-electron chi connectivity index (χ2n) is 12.4. The number of aliphatic hydroxyl groups is 1. The van der Waals surface area contributed by atoms with Crippen LogP contribution in [0.3, 0.4) is 0 Å². The van der Waals surface area contributed by atoms with Gasteiger partial charge in [0, 0.05) is 12.8 Å². The first-order valence-corrected chi connectivity index (χ1v) is 15.8. The molecular formula is C32H42F22O3. The number of aliphatic hydroxyl groups excluding tert-OH is 1. The van der Waals surface area contributed by atoms with Gasteiger partial charge in [0.15, 0.2) is 33.4 Å². The van der Waals surface area contributed by atoms with Gasteiger partial charge in [-0.05, 0) is 49.4 Å². The lowest BCUT2D eigenvalue weighted by atomic mass is 9.96. The topological polar surface area (TPSA) is 54.4 Å². The third-order valence-corrected chi connectivity index (χ3v) is 7.05. The molecule has 0 amide bonds. The number of halogens is 22. The number of allylic oxidation sites excluding steroid dienone is 3. The van der Waals surface area contributed by atoms with E-state index in [-0.39, 0.29) is 6.10 Å². The molecule has 4 aliphatic rings. The Bertz CT molecular complexity index is 1050. The van der Waals surface area contributed by atoms with Crippen molar-refractivity contribution in [3.63, 3.8) is 0 Å². The lowest BCUT2D eigenvalue weighted by Gasteiger charge is -2.17. The number of carbonyl (C=O) groups excluding carboxylic acids is 2. The molecule has 6 atom stereocenters. The van der Waals surface area contributed by atoms with Crippen LogP contribution >= 0.6 is 0 Å². The molecule has 0 aromatic carbocycles. The first-order valence-electron chi connectivity index (χ1n) is 15.8. The van der Waals surface area contributed by atoms with Crippen LogP contribution in [0.15, 0.2) is 24.3 Å². The zero-order chi connectivity index (χ0) is 46.2. The molecule has 0 spiro atoms. The van der Waals surface area contributed by atoms with E-state index in [9.17, 15) is 96.6 Å². The predicted octanol–water partition coefficient (Wildman–Crippen LogP) is 12.0. The predicted molar refractivity (Wildman–Crippen MR) is 162 cm³/mol. The normalized spacial score (nSPS) is 22.8. The summed E-state index contributed by atoms with van der Waals surface area (Å²) in [6.07, 6.45) is 0.231. The standard InChI is InChI=1S/C8H12.C7H10O.2C5H6F6.C2F4O.C2H2F4.C2H3FO.CH3F/c1-6-4-7-2-3-8(6)5-7;8-7-4-5-1-2-6(7)3-5;2*6-2-4(8,9)1-5(10,11)3-7;3-1(7)2(4,5)6;3-1-2(4,5)6;1-2(3)4;1-2/h2-3,6-8H,4-5H2,1H3;1-2,5-8H,3-4H2;2*1-3H2;;1H2;1H3;1H3. The Morgan fingerprint density at radius 2 is 0.807 bits per heavy atom. The van der Waals surface area contributed by atoms with Crippen molar-refractivity contribution in [1.82, 2.24) is 0 Å². The highest BCUT2D eigenvalue weighted by Gasteiger charge is 2.44. The molecule has 0 aliphatic heterocycles. The van der Waals surface area contributed by atoms with Crippen molar-refractivity contribution in [3.8, 4) is 0 Å². The number of carbonyl (C=O) groups is 2. The molecular weight excluding hydrogens is 850 g/mol. The number of fused-ring (bicyclic) bond motifs is 4. The van der Waals surface area contributed by atoms with E-state index in [0.717, 1.165) is 37.0 Å². The van der Waals surface area contributed by atoms with Crippen molar-refractivity contribution in [3.05, 3.63) is 24.3 Å². The summed E-state index contributed by atoms with van der Waals surface area (Å²) >= 11 is 0. The van der Waals surface area contributed by atoms with Crippen molar-refractivity contribution in [2.45, 2.75) is 94.5 Å². The Hall–Kier alpha value is -2.76. The first kappa shape index (κ1) is 60.9. The fourth-order valence-corrected chi connectivity index (χ4v) is 4.75. The molecule has 0 aromatic heterocycles. The van der Waals surface area contributed by atoms with Crippen LogP contribution in [0.25, 0.3) is 0 Å². The highest BCUT2D eigenvalue weighted by atomic mass is 19.4. The summed E-state index contributed by atoms with van der Waals surface area (Å²) in [5.41, 5.74) is 0. The molecule has 342 valence electrons. The van der Waals surface area contributed by atoms with E-state index in [2.05, 4.69) is 31.2 Å². The average molecular weight is 893 g/mol. The molecule has 0 saturated heterocycles. The number of rotatable bonds is 8. The number of hydrogen-bond acceptors (Lipinski definition) is 3. The Morgan fingerprint density at radius 1 is 0.544 bits per heavy atom. The van der Waals surface area contributed by atoms with Crippen molar-refractivity contribution < 1.29 is 111 Å². The molecule has 57 heavy (non-hydrogen) atoms. The van der Waals surface area contributed by atoms with E-state index in [4.69, 9.17) is 14.7 Å². The van der Waals surface area contributed by atoms with E-state index in [1.165, 1.54) is 19.3 Å². The van der Waals surface area contributed by atoms with Crippen molar-refractivity contribution in [2.75, 3.05) is 40.6 Å². The van der Waals surface area contributed by atoms with E-state index < -0.39 is 94.3 Å². The van der Waals surface area contributed by atoms with Crippen LogP contribution in [0.1, 0.15) is 52.4 Å². The molecule has 4 aliphatic carbocycles. The summed E-state index contributed by atoms with van der Waals surface area (Å²) in [6.45, 7) is -7.77. The Labute approximate surface area is 312 Å². The zero-order valence-electron chi connectivity index (χ0n) is 30.1. The van der Waals surface area contributed by atoms with Gasteiger partial charge in [-0.1, -0.05) is 31.2 Å². The minimum atomic E-state index is -5.31. The van der Waals surface area contributed by atoms with Crippen molar-refractivity contribution in [1.29, 1.82) is 0 Å². The minimum Gasteiger partial charge on any atom is -0.392 e. The van der Waals surface area contributed by atoms with E-state index >= 15 is 0 Å². The van der Waals surface area contributed by atoms with Crippen molar-refractivity contribution in [2.24, 2.45) is 29.6 Å². The molecule has 2 fully saturated rings. The summed E-state index contributed by atoms with van der Waals surface area (Å²) in [6, 6.07) is -4.59. The summed E-state index contributed by atoms with van der Waals surface area (Å²) in [4.78, 5) is 17.5. The van der Waals surface area contributed by atoms with Crippen LogP contribution in [-0.4, -0.2) is 99.9 Å². The third kappa shape index (κ3) is 33.9. The Kier molecular flexibility index (Phi) is 29.8. The summed E-state index contributed by atoms with van der Waals surface area (Å²) in [5, 5.41) is 9.17. The second-order valence-corrected chi connectivity index (χ2v) is 12.4. The second kappa shape index (κ2) is 27.8. The van der Waals surface area contributed by atoms with Crippen molar-refractivity contribution >= 4 is 12.1 Å². The van der Waals surface area contributed by atoms with Gasteiger partial charge < -0.3 is 5.11 Å². The van der Waals surface area contributed by atoms with Gasteiger partial charge in [0.05, 0.1) is 26.1 Å². The monoisotopic (exact) mass is 892 g/mol. The molecule has 1 N–H and O–H groups in total. The van der Waals surface area contributed by atoms with E-state index in [0.29, 0.717) is 13.1 Å². The molecule has 0 heterocycles. The quantitative estimate of drug-likeness (QED) is 0.150. The number of alkyl halides is 20. The van der Waals surface area contributed by atoms with Gasteiger partial charge in [0.25, 0.3) is 29.7 Å². The van der Waals surface area contributed by atoms with Gasteiger partial charge in [0.1, 0.15) is 0 Å². The SMILES string of the molecule is CC(=O)F.CC1CC2C=CC1C2.CF.FCC(F)(F)CC(F)(F)CF.FCC(F)(F)CC(F)(F)CF.FCC(F)(F)F.O=C(F)C(F)(F)F.OC1CC2C=CC1C2. The van der Waals surface area contributed by atoms with E-state index in [1.54, 1.807) is 0 Å². The highest BCUT2D eigenvalue weighted by Crippen LogP contribution is 2.43. The first-order chi connectivity index (χ1) is 25.6. The smallest absolute Gasteiger partial charge is 0.392 e. The molecule has 3 nitrogen and oxygen atoms in total. The lowest BCUT2D eigenvalue weighted by Crippen LogP contribution is -2.32. The summed E-state index contributed by atoms with van der Waals surface area (Å²) in [7, 11) is 0.500. The molecule has 4 bridgehead atoms. The van der Waals surface area contributed by atoms with Gasteiger partial charge in [-0.15, -0.1) is 0 Å². The van der Waals surface area contributed by atoms with Gasteiger partial charge in [-0.3, -0.25) is 14.0 Å². The maximum absolute atomic E-state index is 11.8. The highest BCUT2D eigenvalue weighted by molar-refractivity contribution is 5.74. The Morgan fingerprint density at radius 3 is 0.895 bits per heavy atom. The largest absolute Gasteiger partial charge is 0.483 e. The molecule has 0 radical (unpaired) electrons. The van der Waals surface area contributed by atoms with Crippen LogP contribution in [-0.2, 0) is 9.59 Å². The van der Waals surface area contributed by atoms with Gasteiger partial charge in [0.2, 0.25) is 0 Å². The Balaban J connectivity index is -0.000000290. The molecule has 0 aromatic rings. The molecule has 6 unspecified atom stereocenters. The van der Waals surface area contributed by atoms with Gasteiger partial charge in [-0.2, -0.15) is 35.1 Å². The molecule has 2 saturated carbocycles. The average Bonchev–Trinajstić information content (AvgIpc) is 3.89. The summed E-state index contributed by atoms with van der Waals surface area (Å²) in [5.74, 6) is -12.4. The maximum Gasteiger partial charge on any atom is 0.483 e. The van der Waals surface area contributed by atoms with Crippen LogP contribution in [0.5, 0.6) is 0 Å². The molecule has 25 heteroatoms. The molecule has 4 rings (SSSR count).